The number of nitrogens with zero attached hydrogens (tertiary/aromatic N) is 1. The molecule has 35 heavy (non-hydrogen) atoms. The number of amides is 2. The van der Waals surface area contributed by atoms with Crippen LogP contribution in [0.25, 0.3) is 0 Å². The largest absolute Gasteiger partial charge is 0.352 e. The van der Waals surface area contributed by atoms with Crippen molar-refractivity contribution in [2.75, 3.05) is 5.75 Å². The molecule has 0 radical (unpaired) electrons. The lowest BCUT2D eigenvalue weighted by molar-refractivity contribution is -0.141. The van der Waals surface area contributed by atoms with Gasteiger partial charge >= 0.3 is 0 Å². The predicted octanol–water partition coefficient (Wildman–Crippen LogP) is 5.87. The summed E-state index contributed by atoms with van der Waals surface area (Å²) in [7, 11) is 0. The van der Waals surface area contributed by atoms with Gasteiger partial charge in [0.25, 0.3) is 0 Å². The van der Waals surface area contributed by atoms with Gasteiger partial charge in [0.2, 0.25) is 11.8 Å². The second-order valence-electron chi connectivity index (χ2n) is 9.11. The van der Waals surface area contributed by atoms with Crippen molar-refractivity contribution in [1.82, 2.24) is 10.2 Å². The van der Waals surface area contributed by atoms with Crippen molar-refractivity contribution in [2.45, 2.75) is 62.0 Å². The Labute approximate surface area is 213 Å². The SMILES string of the molecule is O=C(NC1CCCC1)C(Cc1ccccc1)N(Cc1ccccc1)C(=O)CCSc1ccccc1. The fourth-order valence-corrected chi connectivity index (χ4v) is 5.48. The fraction of sp³-hybridized carbons (Fsp3) is 0.333. The molecule has 4 nitrogen and oxygen atoms in total. The van der Waals surface area contributed by atoms with E-state index in [0.29, 0.717) is 25.1 Å². The number of carbonyl (C=O) groups excluding carboxylic acids is 2. The van der Waals surface area contributed by atoms with Crippen LogP contribution in [0.15, 0.2) is 95.9 Å². The minimum absolute atomic E-state index is 0.0137. The lowest BCUT2D eigenvalue weighted by Gasteiger charge is -2.32. The van der Waals surface area contributed by atoms with E-state index in [0.717, 1.165) is 41.7 Å². The molecule has 1 saturated carbocycles. The van der Waals surface area contributed by atoms with Gasteiger partial charge in [-0.05, 0) is 36.1 Å². The van der Waals surface area contributed by atoms with Crippen LogP contribution in [0, 0.1) is 0 Å². The summed E-state index contributed by atoms with van der Waals surface area (Å²) in [4.78, 5) is 30.2. The first-order chi connectivity index (χ1) is 17.2. The molecule has 1 aliphatic rings. The second kappa shape index (κ2) is 13.1. The Bertz CT molecular complexity index is 1050. The van der Waals surface area contributed by atoms with Crippen LogP contribution >= 0.6 is 11.8 Å². The summed E-state index contributed by atoms with van der Waals surface area (Å²) >= 11 is 1.67. The standard InChI is InChI=1S/C30H34N2O2S/c33-29(20-21-35-27-18-8-3-9-19-27)32(23-25-14-6-2-7-15-25)28(22-24-12-4-1-5-13-24)30(34)31-26-16-10-11-17-26/h1-9,12-15,18-19,26,28H,10-11,16-17,20-23H2,(H,31,34). The molecule has 0 spiro atoms. The van der Waals surface area contributed by atoms with Crippen molar-refractivity contribution < 1.29 is 9.59 Å². The molecule has 182 valence electrons. The molecule has 3 aromatic carbocycles. The van der Waals surface area contributed by atoms with Crippen molar-refractivity contribution in [1.29, 1.82) is 0 Å². The zero-order valence-electron chi connectivity index (χ0n) is 20.1. The molecule has 1 atom stereocenters. The maximum atomic E-state index is 13.6. The minimum Gasteiger partial charge on any atom is -0.352 e. The van der Waals surface area contributed by atoms with Crippen LogP contribution in [0.4, 0.5) is 0 Å². The summed E-state index contributed by atoms with van der Waals surface area (Å²) in [5, 5.41) is 3.26. The Morgan fingerprint density at radius 1 is 0.829 bits per heavy atom. The van der Waals surface area contributed by atoms with Gasteiger partial charge in [0, 0.05) is 36.1 Å². The Kier molecular flexibility index (Phi) is 9.41. The molecule has 1 aliphatic carbocycles. The molecule has 1 unspecified atom stereocenters. The highest BCUT2D eigenvalue weighted by Gasteiger charge is 2.31. The molecule has 0 aromatic heterocycles. The molecule has 4 rings (SSSR count). The van der Waals surface area contributed by atoms with Crippen LogP contribution in [0.1, 0.15) is 43.2 Å². The van der Waals surface area contributed by atoms with Gasteiger partial charge in [0.15, 0.2) is 0 Å². The Morgan fingerprint density at radius 2 is 1.40 bits per heavy atom. The Hall–Kier alpha value is -3.05. The fourth-order valence-electron chi connectivity index (χ4n) is 4.62. The summed E-state index contributed by atoms with van der Waals surface area (Å²) in [5.41, 5.74) is 2.09. The second-order valence-corrected chi connectivity index (χ2v) is 10.3. The zero-order chi connectivity index (χ0) is 24.3. The van der Waals surface area contributed by atoms with Gasteiger partial charge in [-0.15, -0.1) is 11.8 Å². The first kappa shape index (κ1) is 25.1. The third-order valence-electron chi connectivity index (χ3n) is 6.50. The average Bonchev–Trinajstić information content (AvgIpc) is 3.41. The lowest BCUT2D eigenvalue weighted by atomic mass is 10.0. The maximum Gasteiger partial charge on any atom is 0.243 e. The number of benzene rings is 3. The Balaban J connectivity index is 1.54. The molecule has 1 fully saturated rings. The van der Waals surface area contributed by atoms with Gasteiger partial charge < -0.3 is 10.2 Å². The molecule has 2 amide bonds. The third-order valence-corrected chi connectivity index (χ3v) is 7.51. The average molecular weight is 487 g/mol. The van der Waals surface area contributed by atoms with Gasteiger partial charge in [-0.3, -0.25) is 9.59 Å². The van der Waals surface area contributed by atoms with E-state index in [1.165, 1.54) is 0 Å². The van der Waals surface area contributed by atoms with E-state index in [1.807, 2.05) is 78.9 Å². The first-order valence-electron chi connectivity index (χ1n) is 12.5. The van der Waals surface area contributed by atoms with Gasteiger partial charge in [-0.1, -0.05) is 91.7 Å². The highest BCUT2D eigenvalue weighted by molar-refractivity contribution is 7.99. The van der Waals surface area contributed by atoms with Crippen molar-refractivity contribution in [3.8, 4) is 0 Å². The molecular weight excluding hydrogens is 452 g/mol. The highest BCUT2D eigenvalue weighted by atomic mass is 32.2. The van der Waals surface area contributed by atoms with Crippen molar-refractivity contribution >= 4 is 23.6 Å². The first-order valence-corrected chi connectivity index (χ1v) is 13.5. The van der Waals surface area contributed by atoms with E-state index in [4.69, 9.17) is 0 Å². The van der Waals surface area contributed by atoms with Gasteiger partial charge in [-0.25, -0.2) is 0 Å². The number of thioether (sulfide) groups is 1. The van der Waals surface area contributed by atoms with E-state index < -0.39 is 6.04 Å². The van der Waals surface area contributed by atoms with Crippen molar-refractivity contribution in [3.63, 3.8) is 0 Å². The van der Waals surface area contributed by atoms with Crippen LogP contribution in [0.2, 0.25) is 0 Å². The van der Waals surface area contributed by atoms with E-state index in [9.17, 15) is 9.59 Å². The van der Waals surface area contributed by atoms with Crippen LogP contribution in [0.5, 0.6) is 0 Å². The smallest absolute Gasteiger partial charge is 0.243 e. The number of rotatable bonds is 11. The monoisotopic (exact) mass is 486 g/mol. The molecule has 5 heteroatoms. The van der Waals surface area contributed by atoms with Crippen LogP contribution in [-0.4, -0.2) is 34.6 Å². The van der Waals surface area contributed by atoms with Crippen LogP contribution in [0.3, 0.4) is 0 Å². The van der Waals surface area contributed by atoms with Crippen LogP contribution < -0.4 is 5.32 Å². The highest BCUT2D eigenvalue weighted by Crippen LogP contribution is 2.22. The topological polar surface area (TPSA) is 49.4 Å². The summed E-state index contributed by atoms with van der Waals surface area (Å²) in [6.07, 6.45) is 5.22. The van der Waals surface area contributed by atoms with E-state index in [1.54, 1.807) is 16.7 Å². The van der Waals surface area contributed by atoms with Gasteiger partial charge in [0.05, 0.1) is 0 Å². The zero-order valence-corrected chi connectivity index (χ0v) is 21.0. The quantitative estimate of drug-likeness (QED) is 0.345. The molecule has 1 N–H and O–H groups in total. The predicted molar refractivity (Wildman–Crippen MR) is 143 cm³/mol. The summed E-state index contributed by atoms with van der Waals surface area (Å²) < 4.78 is 0. The molecule has 0 heterocycles. The van der Waals surface area contributed by atoms with E-state index in [-0.39, 0.29) is 17.9 Å². The minimum atomic E-state index is -0.549. The molecular formula is C30H34N2O2S. The summed E-state index contributed by atoms with van der Waals surface area (Å²) in [6.45, 7) is 0.422. The third kappa shape index (κ3) is 7.72. The summed E-state index contributed by atoms with van der Waals surface area (Å²) in [5.74, 6) is 0.650. The Morgan fingerprint density at radius 3 is 2.03 bits per heavy atom. The van der Waals surface area contributed by atoms with Crippen LogP contribution in [-0.2, 0) is 22.6 Å². The van der Waals surface area contributed by atoms with Gasteiger partial charge in [0.1, 0.15) is 6.04 Å². The van der Waals surface area contributed by atoms with Crippen molar-refractivity contribution in [3.05, 3.63) is 102 Å². The maximum absolute atomic E-state index is 13.6. The normalized spacial score (nSPS) is 14.4. The molecule has 0 saturated heterocycles. The number of hydrogen-bond acceptors (Lipinski definition) is 3. The molecule has 0 aliphatic heterocycles. The lowest BCUT2D eigenvalue weighted by Crippen LogP contribution is -2.52. The molecule has 0 bridgehead atoms. The van der Waals surface area contributed by atoms with Crippen molar-refractivity contribution in [2.24, 2.45) is 0 Å². The van der Waals surface area contributed by atoms with E-state index >= 15 is 0 Å². The number of carbonyl (C=O) groups is 2. The number of hydrogen-bond donors (Lipinski definition) is 1. The molecule has 3 aromatic rings. The summed E-state index contributed by atoms with van der Waals surface area (Å²) in [6, 6.07) is 29.8. The van der Waals surface area contributed by atoms with Gasteiger partial charge in [-0.2, -0.15) is 0 Å². The number of nitrogens with one attached hydrogen (secondary N) is 1. The van der Waals surface area contributed by atoms with E-state index in [2.05, 4.69) is 17.4 Å².